The molecule has 26 heavy (non-hydrogen) atoms. The predicted molar refractivity (Wildman–Crippen MR) is 95.5 cm³/mol. The first-order valence-electron chi connectivity index (χ1n) is 7.30. The molecule has 0 bridgehead atoms. The van der Waals surface area contributed by atoms with Gasteiger partial charge in [0.2, 0.25) is 0 Å². The molecule has 0 unspecified atom stereocenters. The number of rotatable bonds is 4. The molecule has 1 amide bonds. The highest BCUT2D eigenvalue weighted by atomic mass is 32.2. The Balaban J connectivity index is 1.80. The minimum Gasteiger partial charge on any atom is -0.298 e. The molecule has 1 N–H and O–H groups in total. The van der Waals surface area contributed by atoms with E-state index < -0.39 is 23.3 Å². The van der Waals surface area contributed by atoms with Crippen LogP contribution in [0.5, 0.6) is 0 Å². The number of aryl methyl sites for hydroxylation is 1. The minimum absolute atomic E-state index is 0.218. The van der Waals surface area contributed by atoms with Crippen molar-refractivity contribution in [2.24, 2.45) is 7.05 Å². The van der Waals surface area contributed by atoms with Crippen molar-refractivity contribution in [2.75, 3.05) is 11.6 Å². The van der Waals surface area contributed by atoms with Gasteiger partial charge in [-0.15, -0.1) is 23.1 Å². The number of anilines is 1. The van der Waals surface area contributed by atoms with Gasteiger partial charge in [-0.2, -0.15) is 18.3 Å². The summed E-state index contributed by atoms with van der Waals surface area (Å²) in [5.74, 6) is -0.899. The van der Waals surface area contributed by atoms with Gasteiger partial charge in [0.25, 0.3) is 5.91 Å². The van der Waals surface area contributed by atoms with E-state index in [0.29, 0.717) is 5.69 Å². The molecule has 10 heteroatoms. The third kappa shape index (κ3) is 3.91. The van der Waals surface area contributed by atoms with Gasteiger partial charge < -0.3 is 0 Å². The topological polar surface area (TPSA) is 59.8 Å². The van der Waals surface area contributed by atoms with Crippen LogP contribution < -0.4 is 5.32 Å². The first-order valence-corrected chi connectivity index (χ1v) is 9.40. The number of benzene rings is 1. The molecule has 3 rings (SSSR count). The molecule has 3 aromatic rings. The number of alkyl halides is 3. The Hall–Kier alpha value is -2.33. The Kier molecular flexibility index (Phi) is 5.05. The van der Waals surface area contributed by atoms with Crippen LogP contribution in [0, 0.1) is 0 Å². The van der Waals surface area contributed by atoms with E-state index in [-0.39, 0.29) is 5.13 Å². The highest BCUT2D eigenvalue weighted by molar-refractivity contribution is 7.98. The highest BCUT2D eigenvalue weighted by Gasteiger charge is 2.39. The van der Waals surface area contributed by atoms with Gasteiger partial charge in [-0.05, 0) is 18.4 Å². The molecule has 0 saturated carbocycles. The number of hydrogen-bond donors (Lipinski definition) is 1. The lowest BCUT2D eigenvalue weighted by atomic mass is 10.2. The molecule has 136 valence electrons. The van der Waals surface area contributed by atoms with E-state index in [9.17, 15) is 18.0 Å². The van der Waals surface area contributed by atoms with E-state index in [1.165, 1.54) is 7.05 Å². The summed E-state index contributed by atoms with van der Waals surface area (Å²) in [5, 5.41) is 7.69. The zero-order valence-electron chi connectivity index (χ0n) is 13.7. The Bertz CT molecular complexity index is 932. The zero-order valence-corrected chi connectivity index (χ0v) is 15.3. The van der Waals surface area contributed by atoms with Gasteiger partial charge in [-0.25, -0.2) is 4.98 Å². The van der Waals surface area contributed by atoms with Crippen molar-refractivity contribution in [2.45, 2.75) is 11.1 Å². The number of hydrogen-bond acceptors (Lipinski definition) is 5. The molecule has 2 heterocycles. The molecule has 0 fully saturated rings. The summed E-state index contributed by atoms with van der Waals surface area (Å²) in [7, 11) is 1.33. The predicted octanol–water partition coefficient (Wildman–Crippen LogP) is 4.54. The first-order chi connectivity index (χ1) is 12.3. The van der Waals surface area contributed by atoms with Crippen molar-refractivity contribution in [1.29, 1.82) is 0 Å². The van der Waals surface area contributed by atoms with Gasteiger partial charge in [0.05, 0.1) is 11.3 Å². The van der Waals surface area contributed by atoms with Gasteiger partial charge in [0.15, 0.2) is 10.8 Å². The van der Waals surface area contributed by atoms with Gasteiger partial charge in [-0.3, -0.25) is 14.8 Å². The molecule has 0 saturated heterocycles. The third-order valence-electron chi connectivity index (χ3n) is 3.45. The Morgan fingerprint density at radius 3 is 2.58 bits per heavy atom. The van der Waals surface area contributed by atoms with Crippen LogP contribution in [0.15, 0.2) is 40.7 Å². The van der Waals surface area contributed by atoms with Crippen LogP contribution in [0.25, 0.3) is 11.3 Å². The lowest BCUT2D eigenvalue weighted by Crippen LogP contribution is -2.17. The Labute approximate surface area is 155 Å². The number of carbonyl (C=O) groups excluding carboxylic acids is 1. The number of halogens is 3. The number of nitrogens with zero attached hydrogens (tertiary/aromatic N) is 3. The van der Waals surface area contributed by atoms with Crippen LogP contribution >= 0.6 is 23.1 Å². The average molecular weight is 398 g/mol. The van der Waals surface area contributed by atoms with E-state index >= 15 is 0 Å². The molecule has 0 radical (unpaired) electrons. The summed E-state index contributed by atoms with van der Waals surface area (Å²) in [6.45, 7) is 0. The molecular weight excluding hydrogens is 385 g/mol. The number of nitrogens with one attached hydrogen (secondary N) is 1. The largest absolute Gasteiger partial charge is 0.435 e. The van der Waals surface area contributed by atoms with E-state index in [4.69, 9.17) is 0 Å². The molecule has 1 aromatic carbocycles. The molecule has 0 spiro atoms. The SMILES string of the molecule is CSc1ccc(-c2csc(NC(=O)c3cn(C)nc3C(F)(F)F)n2)cc1. The van der Waals surface area contributed by atoms with Gasteiger partial charge in [0, 0.05) is 29.1 Å². The van der Waals surface area contributed by atoms with E-state index in [1.807, 2.05) is 30.5 Å². The van der Waals surface area contributed by atoms with E-state index in [1.54, 1.807) is 17.1 Å². The Morgan fingerprint density at radius 1 is 1.27 bits per heavy atom. The summed E-state index contributed by atoms with van der Waals surface area (Å²) >= 11 is 2.76. The van der Waals surface area contributed by atoms with Crippen molar-refractivity contribution in [3.05, 3.63) is 47.1 Å². The summed E-state index contributed by atoms with van der Waals surface area (Å²) in [6, 6.07) is 7.69. The standard InChI is InChI=1S/C16H13F3N4OS2/c1-23-7-11(13(22-23)16(17,18)19)14(24)21-15-20-12(8-26-15)9-3-5-10(25-2)6-4-9/h3-8H,1-2H3,(H,20,21,24). The number of aromatic nitrogens is 3. The third-order valence-corrected chi connectivity index (χ3v) is 4.95. The number of carbonyl (C=O) groups is 1. The molecule has 0 atom stereocenters. The fourth-order valence-corrected chi connectivity index (χ4v) is 3.38. The lowest BCUT2D eigenvalue weighted by molar-refractivity contribution is -0.141. The van der Waals surface area contributed by atoms with Crippen molar-refractivity contribution in [3.8, 4) is 11.3 Å². The molecule has 0 aliphatic heterocycles. The molecule has 0 aliphatic rings. The number of thioether (sulfide) groups is 1. The average Bonchev–Trinajstić information content (AvgIpc) is 3.21. The maximum Gasteiger partial charge on any atom is 0.435 e. The van der Waals surface area contributed by atoms with Crippen LogP contribution in [0.4, 0.5) is 18.3 Å². The Morgan fingerprint density at radius 2 is 1.96 bits per heavy atom. The fraction of sp³-hybridized carbons (Fsp3) is 0.188. The maximum atomic E-state index is 13.0. The van der Waals surface area contributed by atoms with Gasteiger partial charge >= 0.3 is 6.18 Å². The minimum atomic E-state index is -4.71. The van der Waals surface area contributed by atoms with Crippen LogP contribution in [-0.4, -0.2) is 26.9 Å². The van der Waals surface area contributed by atoms with Crippen molar-refractivity contribution in [3.63, 3.8) is 0 Å². The molecular formula is C16H13F3N4OS2. The summed E-state index contributed by atoms with van der Waals surface area (Å²) < 4.78 is 39.9. The fourth-order valence-electron chi connectivity index (χ4n) is 2.25. The van der Waals surface area contributed by atoms with Crippen LogP contribution in [0.1, 0.15) is 16.1 Å². The van der Waals surface area contributed by atoms with Crippen LogP contribution in [0.3, 0.4) is 0 Å². The zero-order chi connectivity index (χ0) is 18.9. The highest BCUT2D eigenvalue weighted by Crippen LogP contribution is 2.31. The second kappa shape index (κ2) is 7.12. The van der Waals surface area contributed by atoms with E-state index in [0.717, 1.165) is 32.7 Å². The second-order valence-corrected chi connectivity index (χ2v) is 7.02. The number of amides is 1. The normalized spacial score (nSPS) is 11.6. The first kappa shape index (κ1) is 18.5. The van der Waals surface area contributed by atoms with Crippen molar-refractivity contribution in [1.82, 2.24) is 14.8 Å². The monoisotopic (exact) mass is 398 g/mol. The smallest absolute Gasteiger partial charge is 0.298 e. The van der Waals surface area contributed by atoms with Crippen LogP contribution in [0.2, 0.25) is 0 Å². The van der Waals surface area contributed by atoms with Crippen LogP contribution in [-0.2, 0) is 13.2 Å². The summed E-state index contributed by atoms with van der Waals surface area (Å²) in [6.07, 6.45) is -1.70. The second-order valence-electron chi connectivity index (χ2n) is 5.28. The molecule has 5 nitrogen and oxygen atoms in total. The van der Waals surface area contributed by atoms with E-state index in [2.05, 4.69) is 15.4 Å². The number of thiazole rings is 1. The quantitative estimate of drug-likeness (QED) is 0.656. The van der Waals surface area contributed by atoms with Crippen molar-refractivity contribution < 1.29 is 18.0 Å². The van der Waals surface area contributed by atoms with Gasteiger partial charge in [0.1, 0.15) is 0 Å². The summed E-state index contributed by atoms with van der Waals surface area (Å²) in [5.41, 5.74) is -0.264. The molecule has 2 aromatic heterocycles. The lowest BCUT2D eigenvalue weighted by Gasteiger charge is -2.05. The summed E-state index contributed by atoms with van der Waals surface area (Å²) in [4.78, 5) is 17.6. The maximum absolute atomic E-state index is 13.0. The van der Waals surface area contributed by atoms with Gasteiger partial charge in [-0.1, -0.05) is 12.1 Å². The van der Waals surface area contributed by atoms with Crippen molar-refractivity contribution >= 4 is 34.1 Å². The molecule has 0 aliphatic carbocycles.